The molecule has 0 bridgehead atoms. The van der Waals surface area contributed by atoms with Crippen molar-refractivity contribution >= 4 is 11.3 Å². The van der Waals surface area contributed by atoms with Crippen LogP contribution in [0.3, 0.4) is 0 Å². The molecule has 2 nitrogen and oxygen atoms in total. The van der Waals surface area contributed by atoms with E-state index in [9.17, 15) is 0 Å². The summed E-state index contributed by atoms with van der Waals surface area (Å²) >= 11 is 1.82. The van der Waals surface area contributed by atoms with E-state index in [1.165, 1.54) is 9.75 Å². The van der Waals surface area contributed by atoms with Crippen LogP contribution in [0.15, 0.2) is 12.1 Å². The van der Waals surface area contributed by atoms with E-state index in [2.05, 4.69) is 31.3 Å². The van der Waals surface area contributed by atoms with Crippen LogP contribution in [-0.4, -0.2) is 17.8 Å². The van der Waals surface area contributed by atoms with Gasteiger partial charge in [-0.15, -0.1) is 11.3 Å². The SMILES string of the molecule is Cc1ccc(CN[C@H](C)CCO)s1. The summed E-state index contributed by atoms with van der Waals surface area (Å²) in [6, 6.07) is 4.68. The average Bonchev–Trinajstić information content (AvgIpc) is 2.49. The summed E-state index contributed by atoms with van der Waals surface area (Å²) in [6.07, 6.45) is 0.824. The molecule has 0 radical (unpaired) electrons. The van der Waals surface area contributed by atoms with Crippen LogP contribution in [0.2, 0.25) is 0 Å². The van der Waals surface area contributed by atoms with Gasteiger partial charge in [-0.1, -0.05) is 0 Å². The average molecular weight is 199 g/mol. The number of rotatable bonds is 5. The molecular formula is C10H17NOS. The Morgan fingerprint density at radius 3 is 2.85 bits per heavy atom. The molecule has 0 unspecified atom stereocenters. The van der Waals surface area contributed by atoms with Crippen LogP contribution in [0.4, 0.5) is 0 Å². The molecule has 0 saturated heterocycles. The Bertz CT molecular complexity index is 247. The summed E-state index contributed by atoms with van der Waals surface area (Å²) < 4.78 is 0. The molecule has 0 spiro atoms. The first-order valence-corrected chi connectivity index (χ1v) is 5.43. The molecule has 0 amide bonds. The first-order valence-electron chi connectivity index (χ1n) is 4.62. The molecular weight excluding hydrogens is 182 g/mol. The zero-order chi connectivity index (χ0) is 9.68. The fourth-order valence-corrected chi connectivity index (χ4v) is 1.99. The Morgan fingerprint density at radius 1 is 1.54 bits per heavy atom. The molecule has 1 atom stereocenters. The van der Waals surface area contributed by atoms with Crippen molar-refractivity contribution in [1.29, 1.82) is 0 Å². The Morgan fingerprint density at radius 2 is 2.31 bits per heavy atom. The smallest absolute Gasteiger partial charge is 0.0445 e. The number of aryl methyl sites for hydroxylation is 1. The molecule has 1 aromatic rings. The molecule has 0 aliphatic heterocycles. The lowest BCUT2D eigenvalue weighted by Gasteiger charge is -2.10. The second-order valence-electron chi connectivity index (χ2n) is 3.31. The second-order valence-corrected chi connectivity index (χ2v) is 4.68. The lowest BCUT2D eigenvalue weighted by atomic mass is 10.2. The van der Waals surface area contributed by atoms with Crippen molar-refractivity contribution in [3.63, 3.8) is 0 Å². The van der Waals surface area contributed by atoms with Crippen LogP contribution in [0.25, 0.3) is 0 Å². The normalized spacial score (nSPS) is 13.2. The van der Waals surface area contributed by atoms with Gasteiger partial charge >= 0.3 is 0 Å². The van der Waals surface area contributed by atoms with Gasteiger partial charge in [0, 0.05) is 28.9 Å². The number of aliphatic hydroxyl groups is 1. The van der Waals surface area contributed by atoms with Crippen molar-refractivity contribution in [3.8, 4) is 0 Å². The lowest BCUT2D eigenvalue weighted by molar-refractivity contribution is 0.269. The summed E-state index contributed by atoms with van der Waals surface area (Å²) in [5.41, 5.74) is 0. The number of thiophene rings is 1. The predicted molar refractivity (Wildman–Crippen MR) is 57.1 cm³/mol. The van der Waals surface area contributed by atoms with Crippen LogP contribution in [0.5, 0.6) is 0 Å². The summed E-state index contributed by atoms with van der Waals surface area (Å²) in [5.74, 6) is 0. The number of hydrogen-bond acceptors (Lipinski definition) is 3. The fourth-order valence-electron chi connectivity index (χ4n) is 1.15. The molecule has 1 aromatic heterocycles. The minimum Gasteiger partial charge on any atom is -0.396 e. The summed E-state index contributed by atoms with van der Waals surface area (Å²) in [6.45, 7) is 5.39. The summed E-state index contributed by atoms with van der Waals surface area (Å²) in [5, 5.41) is 12.1. The third-order valence-corrected chi connectivity index (χ3v) is 2.98. The van der Waals surface area contributed by atoms with Gasteiger partial charge in [-0.05, 0) is 32.4 Å². The Labute approximate surface area is 83.6 Å². The highest BCUT2D eigenvalue weighted by molar-refractivity contribution is 7.11. The van der Waals surface area contributed by atoms with Gasteiger partial charge in [0.25, 0.3) is 0 Å². The number of aliphatic hydroxyl groups excluding tert-OH is 1. The standard InChI is InChI=1S/C10H17NOS/c1-8(5-6-12)11-7-10-4-3-9(2)13-10/h3-4,8,11-12H,5-7H2,1-2H3/t8-/m1/s1. The van der Waals surface area contributed by atoms with Crippen molar-refractivity contribution < 1.29 is 5.11 Å². The number of hydrogen-bond donors (Lipinski definition) is 2. The van der Waals surface area contributed by atoms with E-state index in [4.69, 9.17) is 5.11 Å². The van der Waals surface area contributed by atoms with Crippen molar-refractivity contribution in [1.82, 2.24) is 5.32 Å². The zero-order valence-electron chi connectivity index (χ0n) is 8.21. The van der Waals surface area contributed by atoms with E-state index in [1.807, 2.05) is 11.3 Å². The second kappa shape index (κ2) is 5.37. The van der Waals surface area contributed by atoms with Crippen LogP contribution in [0.1, 0.15) is 23.1 Å². The van der Waals surface area contributed by atoms with Gasteiger partial charge < -0.3 is 10.4 Å². The topological polar surface area (TPSA) is 32.3 Å². The number of nitrogens with one attached hydrogen (secondary N) is 1. The highest BCUT2D eigenvalue weighted by Gasteiger charge is 2.01. The highest BCUT2D eigenvalue weighted by atomic mass is 32.1. The van der Waals surface area contributed by atoms with E-state index in [0.717, 1.165) is 13.0 Å². The first kappa shape index (κ1) is 10.7. The van der Waals surface area contributed by atoms with E-state index >= 15 is 0 Å². The zero-order valence-corrected chi connectivity index (χ0v) is 9.03. The van der Waals surface area contributed by atoms with E-state index in [1.54, 1.807) is 0 Å². The van der Waals surface area contributed by atoms with Gasteiger partial charge in [-0.25, -0.2) is 0 Å². The van der Waals surface area contributed by atoms with Crippen LogP contribution >= 0.6 is 11.3 Å². The molecule has 0 aromatic carbocycles. The predicted octanol–water partition coefficient (Wildman–Crippen LogP) is 1.92. The van der Waals surface area contributed by atoms with Crippen molar-refractivity contribution in [3.05, 3.63) is 21.9 Å². The van der Waals surface area contributed by atoms with E-state index < -0.39 is 0 Å². The molecule has 0 fully saturated rings. The Kier molecular flexibility index (Phi) is 4.42. The maximum atomic E-state index is 8.70. The molecule has 3 heteroatoms. The molecule has 1 heterocycles. The molecule has 2 N–H and O–H groups in total. The molecule has 1 rings (SSSR count). The van der Waals surface area contributed by atoms with Crippen LogP contribution in [0, 0.1) is 6.92 Å². The van der Waals surface area contributed by atoms with E-state index in [0.29, 0.717) is 6.04 Å². The molecule has 74 valence electrons. The maximum absolute atomic E-state index is 8.70. The Hall–Kier alpha value is -0.380. The lowest BCUT2D eigenvalue weighted by Crippen LogP contribution is -2.25. The molecule has 0 aliphatic carbocycles. The summed E-state index contributed by atoms with van der Waals surface area (Å²) in [7, 11) is 0. The van der Waals surface area contributed by atoms with Gasteiger partial charge in [0.2, 0.25) is 0 Å². The minimum absolute atomic E-state index is 0.262. The highest BCUT2D eigenvalue weighted by Crippen LogP contribution is 2.14. The van der Waals surface area contributed by atoms with Gasteiger partial charge in [0.15, 0.2) is 0 Å². The van der Waals surface area contributed by atoms with Crippen molar-refractivity contribution in [2.75, 3.05) is 6.61 Å². The van der Waals surface area contributed by atoms with Gasteiger partial charge in [0.1, 0.15) is 0 Å². The maximum Gasteiger partial charge on any atom is 0.0445 e. The van der Waals surface area contributed by atoms with Gasteiger partial charge in [-0.2, -0.15) is 0 Å². The fraction of sp³-hybridized carbons (Fsp3) is 0.600. The van der Waals surface area contributed by atoms with Crippen LogP contribution < -0.4 is 5.32 Å². The van der Waals surface area contributed by atoms with Crippen molar-refractivity contribution in [2.45, 2.75) is 32.9 Å². The van der Waals surface area contributed by atoms with Gasteiger partial charge in [0.05, 0.1) is 0 Å². The van der Waals surface area contributed by atoms with Gasteiger partial charge in [-0.3, -0.25) is 0 Å². The quantitative estimate of drug-likeness (QED) is 0.759. The van der Waals surface area contributed by atoms with Crippen molar-refractivity contribution in [2.24, 2.45) is 0 Å². The molecule has 0 aliphatic rings. The third kappa shape index (κ3) is 3.89. The molecule has 13 heavy (non-hydrogen) atoms. The van der Waals surface area contributed by atoms with Crippen LogP contribution in [-0.2, 0) is 6.54 Å². The monoisotopic (exact) mass is 199 g/mol. The largest absolute Gasteiger partial charge is 0.396 e. The Balaban J connectivity index is 2.26. The minimum atomic E-state index is 0.262. The van der Waals surface area contributed by atoms with E-state index in [-0.39, 0.29) is 6.61 Å². The third-order valence-electron chi connectivity index (χ3n) is 1.98. The molecule has 0 saturated carbocycles. The first-order chi connectivity index (χ1) is 6.22. The summed E-state index contributed by atoms with van der Waals surface area (Å²) in [4.78, 5) is 2.72.